The molecule has 2 aromatic heterocycles. The molecule has 7 heteroatoms. The summed E-state index contributed by atoms with van der Waals surface area (Å²) in [6.45, 7) is 4.17. The van der Waals surface area contributed by atoms with Gasteiger partial charge in [0.25, 0.3) is 0 Å². The minimum atomic E-state index is 0.269. The fourth-order valence-electron chi connectivity index (χ4n) is 2.73. The van der Waals surface area contributed by atoms with Gasteiger partial charge in [0.1, 0.15) is 16.3 Å². The van der Waals surface area contributed by atoms with Crippen molar-refractivity contribution in [2.24, 2.45) is 0 Å². The van der Waals surface area contributed by atoms with Gasteiger partial charge in [0, 0.05) is 11.6 Å². The highest BCUT2D eigenvalue weighted by Gasteiger charge is 2.14. The molecule has 25 heavy (non-hydrogen) atoms. The minimum Gasteiger partial charge on any atom is -0.496 e. The van der Waals surface area contributed by atoms with Crippen molar-refractivity contribution in [3.8, 4) is 27.7 Å². The van der Waals surface area contributed by atoms with Crippen LogP contribution in [0.3, 0.4) is 0 Å². The maximum absolute atomic E-state index is 5.42. The Morgan fingerprint density at radius 1 is 1.12 bits per heavy atom. The third kappa shape index (κ3) is 2.76. The number of fused-ring (bicyclic) bond motifs is 1. The number of methoxy groups -OCH3 is 1. The number of rotatable bonds is 4. The fraction of sp³-hybridized carbons (Fsp3) is 0.222. The molecule has 0 unspecified atom stereocenters. The molecule has 0 fully saturated rings. The van der Waals surface area contributed by atoms with E-state index in [0.717, 1.165) is 32.9 Å². The Morgan fingerprint density at radius 2 is 1.96 bits per heavy atom. The van der Waals surface area contributed by atoms with E-state index in [0.29, 0.717) is 5.82 Å². The first kappa shape index (κ1) is 15.7. The van der Waals surface area contributed by atoms with Crippen molar-refractivity contribution in [1.82, 2.24) is 24.4 Å². The summed E-state index contributed by atoms with van der Waals surface area (Å²) in [5.74, 6) is 1.48. The van der Waals surface area contributed by atoms with Crippen LogP contribution >= 0.6 is 11.5 Å². The van der Waals surface area contributed by atoms with Crippen molar-refractivity contribution in [3.63, 3.8) is 0 Å². The standard InChI is InChI=1S/C18H17N5OS/c1-11(2)23-15-9-8-12(10-14(15)20-22-23)17-19-18(25-21-17)13-6-4-5-7-16(13)24-3/h4-11H,1-3H3. The van der Waals surface area contributed by atoms with Gasteiger partial charge in [-0.25, -0.2) is 9.67 Å². The van der Waals surface area contributed by atoms with Crippen LogP contribution in [0.5, 0.6) is 5.75 Å². The molecule has 0 atom stereocenters. The molecule has 4 aromatic rings. The number of nitrogens with zero attached hydrogens (tertiary/aromatic N) is 5. The van der Waals surface area contributed by atoms with Crippen LogP contribution in [0.25, 0.3) is 33.0 Å². The zero-order valence-corrected chi connectivity index (χ0v) is 15.0. The Hall–Kier alpha value is -2.80. The molecule has 0 amide bonds. The number of ether oxygens (including phenoxy) is 1. The van der Waals surface area contributed by atoms with Crippen molar-refractivity contribution < 1.29 is 4.74 Å². The van der Waals surface area contributed by atoms with Gasteiger partial charge in [-0.05, 0) is 55.7 Å². The number of benzene rings is 2. The smallest absolute Gasteiger partial charge is 0.173 e. The summed E-state index contributed by atoms with van der Waals surface area (Å²) in [4.78, 5) is 4.68. The van der Waals surface area contributed by atoms with Crippen molar-refractivity contribution in [3.05, 3.63) is 42.5 Å². The van der Waals surface area contributed by atoms with E-state index in [-0.39, 0.29) is 6.04 Å². The van der Waals surface area contributed by atoms with Gasteiger partial charge < -0.3 is 4.74 Å². The molecule has 0 spiro atoms. The zero-order valence-electron chi connectivity index (χ0n) is 14.2. The summed E-state index contributed by atoms with van der Waals surface area (Å²) in [6.07, 6.45) is 0. The van der Waals surface area contributed by atoms with Crippen molar-refractivity contribution in [2.75, 3.05) is 7.11 Å². The molecule has 0 saturated heterocycles. The lowest BCUT2D eigenvalue weighted by Gasteiger charge is -2.05. The normalized spacial score (nSPS) is 11.4. The maximum Gasteiger partial charge on any atom is 0.173 e. The van der Waals surface area contributed by atoms with Gasteiger partial charge in [-0.1, -0.05) is 17.3 Å². The average molecular weight is 351 g/mol. The lowest BCUT2D eigenvalue weighted by atomic mass is 10.2. The summed E-state index contributed by atoms with van der Waals surface area (Å²) >= 11 is 1.36. The van der Waals surface area contributed by atoms with Crippen LogP contribution in [0.1, 0.15) is 19.9 Å². The molecule has 2 aromatic carbocycles. The van der Waals surface area contributed by atoms with E-state index in [2.05, 4.69) is 33.5 Å². The number of para-hydroxylation sites is 1. The minimum absolute atomic E-state index is 0.269. The van der Waals surface area contributed by atoms with E-state index >= 15 is 0 Å². The summed E-state index contributed by atoms with van der Waals surface area (Å²) in [5, 5.41) is 9.31. The Balaban J connectivity index is 1.74. The van der Waals surface area contributed by atoms with Gasteiger partial charge >= 0.3 is 0 Å². The first-order valence-electron chi connectivity index (χ1n) is 8.00. The molecule has 6 nitrogen and oxygen atoms in total. The lowest BCUT2D eigenvalue weighted by molar-refractivity contribution is 0.416. The third-order valence-electron chi connectivity index (χ3n) is 3.98. The SMILES string of the molecule is COc1ccccc1-c1nc(-c2ccc3c(c2)nnn3C(C)C)ns1. The number of aromatic nitrogens is 5. The first-order valence-corrected chi connectivity index (χ1v) is 8.77. The second kappa shape index (κ2) is 6.25. The summed E-state index contributed by atoms with van der Waals surface area (Å²) in [7, 11) is 1.66. The molecule has 0 aliphatic heterocycles. The predicted molar refractivity (Wildman–Crippen MR) is 98.8 cm³/mol. The van der Waals surface area contributed by atoms with Crippen molar-refractivity contribution >= 4 is 22.6 Å². The molecule has 2 heterocycles. The van der Waals surface area contributed by atoms with Crippen LogP contribution in [0.15, 0.2) is 42.5 Å². The molecular weight excluding hydrogens is 334 g/mol. The van der Waals surface area contributed by atoms with Crippen LogP contribution in [-0.4, -0.2) is 31.5 Å². The highest BCUT2D eigenvalue weighted by molar-refractivity contribution is 7.09. The molecule has 0 radical (unpaired) electrons. The van der Waals surface area contributed by atoms with E-state index in [9.17, 15) is 0 Å². The van der Waals surface area contributed by atoms with Crippen molar-refractivity contribution in [2.45, 2.75) is 19.9 Å². The highest BCUT2D eigenvalue weighted by atomic mass is 32.1. The second-order valence-corrected chi connectivity index (χ2v) is 6.71. The van der Waals surface area contributed by atoms with Gasteiger partial charge in [-0.3, -0.25) is 0 Å². The van der Waals surface area contributed by atoms with Gasteiger partial charge in [0.2, 0.25) is 0 Å². The molecule has 0 aliphatic rings. The largest absolute Gasteiger partial charge is 0.496 e. The number of hydrogen-bond donors (Lipinski definition) is 0. The Morgan fingerprint density at radius 3 is 2.76 bits per heavy atom. The van der Waals surface area contributed by atoms with Crippen molar-refractivity contribution in [1.29, 1.82) is 0 Å². The van der Waals surface area contributed by atoms with Gasteiger partial charge in [-0.2, -0.15) is 4.37 Å². The molecular formula is C18H17N5OS. The topological polar surface area (TPSA) is 65.7 Å². The summed E-state index contributed by atoms with van der Waals surface area (Å²) in [5.41, 5.74) is 3.74. The quantitative estimate of drug-likeness (QED) is 0.551. The van der Waals surface area contributed by atoms with Crippen LogP contribution < -0.4 is 4.74 Å². The van der Waals surface area contributed by atoms with E-state index in [1.807, 2.05) is 47.1 Å². The number of hydrogen-bond acceptors (Lipinski definition) is 6. The van der Waals surface area contributed by atoms with Crippen LogP contribution in [-0.2, 0) is 0 Å². The predicted octanol–water partition coefficient (Wildman–Crippen LogP) is 4.21. The monoisotopic (exact) mass is 351 g/mol. The maximum atomic E-state index is 5.42. The van der Waals surface area contributed by atoms with E-state index < -0.39 is 0 Å². The summed E-state index contributed by atoms with van der Waals surface area (Å²) in [6, 6.07) is 14.1. The van der Waals surface area contributed by atoms with E-state index in [1.54, 1.807) is 7.11 Å². The molecule has 0 bridgehead atoms. The van der Waals surface area contributed by atoms with Gasteiger partial charge in [-0.15, -0.1) is 5.10 Å². The zero-order chi connectivity index (χ0) is 17.4. The molecule has 0 saturated carbocycles. The lowest BCUT2D eigenvalue weighted by Crippen LogP contribution is -2.02. The molecule has 0 aliphatic carbocycles. The third-order valence-corrected chi connectivity index (χ3v) is 4.73. The van der Waals surface area contributed by atoms with Crippen LogP contribution in [0.2, 0.25) is 0 Å². The molecule has 0 N–H and O–H groups in total. The highest BCUT2D eigenvalue weighted by Crippen LogP contribution is 2.33. The average Bonchev–Trinajstić information content (AvgIpc) is 3.28. The molecule has 126 valence electrons. The molecule has 4 rings (SSSR count). The van der Waals surface area contributed by atoms with Gasteiger partial charge in [0.15, 0.2) is 5.82 Å². The Kier molecular flexibility index (Phi) is 3.93. The second-order valence-electron chi connectivity index (χ2n) is 5.95. The van der Waals surface area contributed by atoms with Crippen LogP contribution in [0, 0.1) is 0 Å². The Bertz CT molecular complexity index is 1040. The van der Waals surface area contributed by atoms with Gasteiger partial charge in [0.05, 0.1) is 18.2 Å². The summed E-state index contributed by atoms with van der Waals surface area (Å²) < 4.78 is 11.8. The van der Waals surface area contributed by atoms with E-state index in [1.165, 1.54) is 11.5 Å². The Labute approximate surface area is 149 Å². The van der Waals surface area contributed by atoms with E-state index in [4.69, 9.17) is 4.74 Å². The fourth-order valence-corrected chi connectivity index (χ4v) is 3.45. The first-order chi connectivity index (χ1) is 12.2. The van der Waals surface area contributed by atoms with Crippen LogP contribution in [0.4, 0.5) is 0 Å².